The smallest absolute Gasteiger partial charge is 0.267 e. The summed E-state index contributed by atoms with van der Waals surface area (Å²) < 4.78 is 1.46. The van der Waals surface area contributed by atoms with Gasteiger partial charge in [0.15, 0.2) is 0 Å². The molecule has 0 aliphatic carbocycles. The van der Waals surface area contributed by atoms with Gasteiger partial charge in [-0.1, -0.05) is 38.1 Å². The zero-order valence-corrected chi connectivity index (χ0v) is 12.8. The quantitative estimate of drug-likeness (QED) is 0.803. The molecule has 0 spiro atoms. The maximum atomic E-state index is 12.0. The van der Waals surface area contributed by atoms with Crippen LogP contribution in [-0.2, 0) is 12.4 Å². The summed E-state index contributed by atoms with van der Waals surface area (Å²) in [5.74, 6) is 0.707. The van der Waals surface area contributed by atoms with Gasteiger partial charge in [0.25, 0.3) is 5.56 Å². The average molecular weight is 291 g/mol. The Balaban J connectivity index is 2.49. The van der Waals surface area contributed by atoms with Crippen LogP contribution < -0.4 is 5.56 Å². The number of aromatic nitrogens is 2. The van der Waals surface area contributed by atoms with E-state index >= 15 is 0 Å². The van der Waals surface area contributed by atoms with Crippen molar-refractivity contribution in [1.82, 2.24) is 9.78 Å². The van der Waals surface area contributed by atoms with Crippen LogP contribution >= 0.6 is 11.6 Å². The van der Waals surface area contributed by atoms with Gasteiger partial charge in [-0.3, -0.25) is 4.79 Å². The van der Waals surface area contributed by atoms with Crippen LogP contribution in [0.25, 0.3) is 11.3 Å². The molecular weight excluding hydrogens is 272 g/mol. The largest absolute Gasteiger partial charge is 0.271 e. The highest BCUT2D eigenvalue weighted by atomic mass is 35.5. The molecule has 0 fully saturated rings. The Bertz CT molecular complexity index is 616. The first-order valence-electron chi connectivity index (χ1n) is 6.84. The molecule has 4 heteroatoms. The summed E-state index contributed by atoms with van der Waals surface area (Å²) in [4.78, 5) is 12.0. The van der Waals surface area contributed by atoms with E-state index in [-0.39, 0.29) is 11.4 Å². The summed E-state index contributed by atoms with van der Waals surface area (Å²) >= 11 is 5.85. The van der Waals surface area contributed by atoms with E-state index in [9.17, 15) is 4.79 Å². The fourth-order valence-corrected chi connectivity index (χ4v) is 2.28. The van der Waals surface area contributed by atoms with Crippen LogP contribution in [0.4, 0.5) is 0 Å². The molecule has 0 radical (unpaired) electrons. The standard InChI is InChI=1S/C16H19ClN2O/c1-4-19-16(20)14(10-17)9-15(18-19)13-7-5-12(6-8-13)11(2)3/h5-9,11H,4,10H2,1-3H3. The van der Waals surface area contributed by atoms with Crippen molar-refractivity contribution < 1.29 is 0 Å². The van der Waals surface area contributed by atoms with Gasteiger partial charge in [-0.15, -0.1) is 11.6 Å². The van der Waals surface area contributed by atoms with E-state index in [0.29, 0.717) is 18.0 Å². The van der Waals surface area contributed by atoms with Crippen molar-refractivity contribution in [3.05, 3.63) is 51.8 Å². The molecule has 0 atom stereocenters. The van der Waals surface area contributed by atoms with Gasteiger partial charge in [0.2, 0.25) is 0 Å². The average Bonchev–Trinajstić information content (AvgIpc) is 2.47. The topological polar surface area (TPSA) is 34.9 Å². The monoisotopic (exact) mass is 290 g/mol. The van der Waals surface area contributed by atoms with Crippen molar-refractivity contribution in [1.29, 1.82) is 0 Å². The van der Waals surface area contributed by atoms with Gasteiger partial charge in [-0.2, -0.15) is 5.10 Å². The van der Waals surface area contributed by atoms with E-state index in [1.807, 2.05) is 19.1 Å². The lowest BCUT2D eigenvalue weighted by molar-refractivity contribution is 0.613. The Kier molecular flexibility index (Phi) is 4.61. The number of benzene rings is 1. The van der Waals surface area contributed by atoms with Gasteiger partial charge in [0, 0.05) is 17.7 Å². The van der Waals surface area contributed by atoms with Crippen LogP contribution in [0, 0.1) is 0 Å². The SMILES string of the molecule is CCn1nc(-c2ccc(C(C)C)cc2)cc(CCl)c1=O. The van der Waals surface area contributed by atoms with E-state index in [1.54, 1.807) is 6.07 Å². The fraction of sp³-hybridized carbons (Fsp3) is 0.375. The van der Waals surface area contributed by atoms with Crippen LogP contribution in [0.1, 0.15) is 37.8 Å². The normalized spacial score (nSPS) is 11.1. The van der Waals surface area contributed by atoms with Gasteiger partial charge in [0.1, 0.15) is 0 Å². The minimum Gasteiger partial charge on any atom is -0.267 e. The fourth-order valence-electron chi connectivity index (χ4n) is 2.09. The third kappa shape index (κ3) is 2.93. The van der Waals surface area contributed by atoms with E-state index in [0.717, 1.165) is 11.3 Å². The van der Waals surface area contributed by atoms with Crippen LogP contribution in [-0.4, -0.2) is 9.78 Å². The lowest BCUT2D eigenvalue weighted by Gasteiger charge is -2.09. The zero-order valence-electron chi connectivity index (χ0n) is 12.1. The summed E-state index contributed by atoms with van der Waals surface area (Å²) in [6.07, 6.45) is 0. The molecule has 106 valence electrons. The predicted octanol–water partition coefficient (Wildman–Crippen LogP) is 3.79. The van der Waals surface area contributed by atoms with Crippen LogP contribution in [0.5, 0.6) is 0 Å². The van der Waals surface area contributed by atoms with E-state index in [1.165, 1.54) is 10.2 Å². The molecule has 1 heterocycles. The first kappa shape index (κ1) is 14.8. The molecule has 3 nitrogen and oxygen atoms in total. The molecule has 0 unspecified atom stereocenters. The molecule has 0 saturated heterocycles. The third-order valence-corrected chi connectivity index (χ3v) is 3.65. The number of aryl methyl sites for hydroxylation is 1. The van der Waals surface area contributed by atoms with Crippen molar-refractivity contribution in [3.8, 4) is 11.3 Å². The number of hydrogen-bond donors (Lipinski definition) is 0. The van der Waals surface area contributed by atoms with Crippen molar-refractivity contribution >= 4 is 11.6 Å². The maximum absolute atomic E-state index is 12.0. The van der Waals surface area contributed by atoms with Crippen LogP contribution in [0.2, 0.25) is 0 Å². The van der Waals surface area contributed by atoms with Gasteiger partial charge in [-0.05, 0) is 24.5 Å². The first-order chi connectivity index (χ1) is 9.56. The molecule has 1 aromatic heterocycles. The molecule has 0 saturated carbocycles. The minimum atomic E-state index is -0.106. The molecular formula is C16H19ClN2O. The Morgan fingerprint density at radius 2 is 1.90 bits per heavy atom. The lowest BCUT2D eigenvalue weighted by Crippen LogP contribution is -2.25. The van der Waals surface area contributed by atoms with Crippen molar-refractivity contribution in [2.75, 3.05) is 0 Å². The Morgan fingerprint density at radius 3 is 2.40 bits per heavy atom. The van der Waals surface area contributed by atoms with Crippen LogP contribution in [0.3, 0.4) is 0 Å². The number of rotatable bonds is 4. The molecule has 0 amide bonds. The molecule has 0 N–H and O–H groups in total. The summed E-state index contributed by atoms with van der Waals surface area (Å²) in [6.45, 7) is 6.77. The second-order valence-electron chi connectivity index (χ2n) is 5.09. The van der Waals surface area contributed by atoms with Gasteiger partial charge in [0.05, 0.1) is 11.6 Å². The second kappa shape index (κ2) is 6.23. The van der Waals surface area contributed by atoms with E-state index < -0.39 is 0 Å². The van der Waals surface area contributed by atoms with E-state index in [2.05, 4.69) is 31.1 Å². The van der Waals surface area contributed by atoms with Gasteiger partial charge >= 0.3 is 0 Å². The molecule has 20 heavy (non-hydrogen) atoms. The van der Waals surface area contributed by atoms with E-state index in [4.69, 9.17) is 11.6 Å². The molecule has 0 aliphatic heterocycles. The maximum Gasteiger partial charge on any atom is 0.271 e. The van der Waals surface area contributed by atoms with Gasteiger partial charge < -0.3 is 0 Å². The van der Waals surface area contributed by atoms with Crippen molar-refractivity contribution in [2.45, 2.75) is 39.1 Å². The minimum absolute atomic E-state index is 0.106. The molecule has 0 aliphatic rings. The highest BCUT2D eigenvalue weighted by Crippen LogP contribution is 2.21. The predicted molar refractivity (Wildman–Crippen MR) is 83.3 cm³/mol. The van der Waals surface area contributed by atoms with Gasteiger partial charge in [-0.25, -0.2) is 4.68 Å². The number of halogens is 1. The van der Waals surface area contributed by atoms with Crippen LogP contribution in [0.15, 0.2) is 35.1 Å². The summed E-state index contributed by atoms with van der Waals surface area (Å²) in [5, 5.41) is 4.39. The molecule has 0 bridgehead atoms. The number of nitrogens with zero attached hydrogens (tertiary/aromatic N) is 2. The highest BCUT2D eigenvalue weighted by Gasteiger charge is 2.09. The Hall–Kier alpha value is -1.61. The Morgan fingerprint density at radius 1 is 1.25 bits per heavy atom. The summed E-state index contributed by atoms with van der Waals surface area (Å²) in [7, 11) is 0. The summed E-state index contributed by atoms with van der Waals surface area (Å²) in [6, 6.07) is 10.1. The number of alkyl halides is 1. The van der Waals surface area contributed by atoms with Crippen molar-refractivity contribution in [3.63, 3.8) is 0 Å². The third-order valence-electron chi connectivity index (χ3n) is 3.37. The number of hydrogen-bond acceptors (Lipinski definition) is 2. The lowest BCUT2D eigenvalue weighted by atomic mass is 10.0. The highest BCUT2D eigenvalue weighted by molar-refractivity contribution is 6.17. The molecule has 2 rings (SSSR count). The molecule has 1 aromatic carbocycles. The summed E-state index contributed by atoms with van der Waals surface area (Å²) in [5.41, 5.74) is 3.56. The zero-order chi connectivity index (χ0) is 14.7. The molecule has 2 aromatic rings. The second-order valence-corrected chi connectivity index (χ2v) is 5.35. The van der Waals surface area contributed by atoms with Crippen molar-refractivity contribution in [2.24, 2.45) is 0 Å². The first-order valence-corrected chi connectivity index (χ1v) is 7.37. The Labute approximate surface area is 124 Å².